The minimum absolute atomic E-state index is 0.0531. The van der Waals surface area contributed by atoms with Crippen LogP contribution in [0.1, 0.15) is 44.1 Å². The number of rotatable bonds is 3. The van der Waals surface area contributed by atoms with Gasteiger partial charge in [0.1, 0.15) is 5.92 Å². The van der Waals surface area contributed by atoms with Gasteiger partial charge in [-0.15, -0.1) is 0 Å². The molecule has 1 aliphatic heterocycles. The van der Waals surface area contributed by atoms with E-state index in [-0.39, 0.29) is 17.8 Å². The molecule has 0 aromatic heterocycles. The van der Waals surface area contributed by atoms with Crippen LogP contribution in [0.25, 0.3) is 0 Å². The van der Waals surface area contributed by atoms with E-state index >= 15 is 0 Å². The van der Waals surface area contributed by atoms with Crippen molar-refractivity contribution in [1.82, 2.24) is 4.90 Å². The SMILES string of the molecule is CC1CCCCCN1C(=O)C(C(N)=NO)c1ccccc1. The molecule has 0 radical (unpaired) electrons. The van der Waals surface area contributed by atoms with E-state index in [0.717, 1.165) is 37.8 Å². The molecule has 2 rings (SSSR count). The molecule has 2 atom stereocenters. The topological polar surface area (TPSA) is 78.9 Å². The summed E-state index contributed by atoms with van der Waals surface area (Å²) in [6.45, 7) is 2.81. The Balaban J connectivity index is 2.30. The molecular formula is C16H23N3O2. The number of amides is 1. The van der Waals surface area contributed by atoms with Crippen LogP contribution in [0.5, 0.6) is 0 Å². The first-order valence-corrected chi connectivity index (χ1v) is 7.48. The van der Waals surface area contributed by atoms with E-state index < -0.39 is 5.92 Å². The predicted octanol–water partition coefficient (Wildman–Crippen LogP) is 2.31. The maximum Gasteiger partial charge on any atom is 0.238 e. The highest BCUT2D eigenvalue weighted by Gasteiger charge is 2.32. The van der Waals surface area contributed by atoms with Crippen LogP contribution in [0.4, 0.5) is 0 Å². The van der Waals surface area contributed by atoms with Crippen molar-refractivity contribution in [2.45, 2.75) is 44.6 Å². The minimum Gasteiger partial charge on any atom is -0.409 e. The van der Waals surface area contributed by atoms with Gasteiger partial charge in [-0.05, 0) is 25.3 Å². The van der Waals surface area contributed by atoms with E-state index in [2.05, 4.69) is 12.1 Å². The number of carbonyl (C=O) groups is 1. The number of benzene rings is 1. The molecule has 3 N–H and O–H groups in total. The van der Waals surface area contributed by atoms with Gasteiger partial charge in [-0.25, -0.2) is 0 Å². The van der Waals surface area contributed by atoms with Crippen molar-refractivity contribution in [2.75, 3.05) is 6.54 Å². The van der Waals surface area contributed by atoms with Crippen molar-refractivity contribution in [3.63, 3.8) is 0 Å². The van der Waals surface area contributed by atoms with Crippen molar-refractivity contribution >= 4 is 11.7 Å². The van der Waals surface area contributed by atoms with Crippen LogP contribution in [-0.4, -0.2) is 34.4 Å². The summed E-state index contributed by atoms with van der Waals surface area (Å²) in [5.74, 6) is -0.842. The second-order valence-electron chi connectivity index (χ2n) is 5.60. The normalized spacial score (nSPS) is 21.7. The first-order valence-electron chi connectivity index (χ1n) is 7.48. The van der Waals surface area contributed by atoms with Crippen LogP contribution in [0.15, 0.2) is 35.5 Å². The molecule has 5 nitrogen and oxygen atoms in total. The Morgan fingerprint density at radius 3 is 2.71 bits per heavy atom. The fourth-order valence-corrected chi connectivity index (χ4v) is 2.91. The Kier molecular flexibility index (Phi) is 5.20. The van der Waals surface area contributed by atoms with Crippen molar-refractivity contribution in [3.8, 4) is 0 Å². The summed E-state index contributed by atoms with van der Waals surface area (Å²) in [7, 11) is 0. The Morgan fingerprint density at radius 2 is 2.05 bits per heavy atom. The number of hydrogen-bond acceptors (Lipinski definition) is 3. The van der Waals surface area contributed by atoms with Gasteiger partial charge < -0.3 is 15.8 Å². The summed E-state index contributed by atoms with van der Waals surface area (Å²) in [5, 5.41) is 12.1. The summed E-state index contributed by atoms with van der Waals surface area (Å²) in [4.78, 5) is 14.8. The monoisotopic (exact) mass is 289 g/mol. The number of carbonyl (C=O) groups excluding carboxylic acids is 1. The molecule has 0 aliphatic carbocycles. The third kappa shape index (κ3) is 3.54. The fraction of sp³-hybridized carbons (Fsp3) is 0.500. The van der Waals surface area contributed by atoms with E-state index in [1.807, 2.05) is 35.2 Å². The average molecular weight is 289 g/mol. The quantitative estimate of drug-likeness (QED) is 0.388. The first kappa shape index (κ1) is 15.4. The highest BCUT2D eigenvalue weighted by Crippen LogP contribution is 2.24. The number of nitrogens with two attached hydrogens (primary N) is 1. The fourth-order valence-electron chi connectivity index (χ4n) is 2.91. The number of hydrogen-bond donors (Lipinski definition) is 2. The largest absolute Gasteiger partial charge is 0.409 e. The van der Waals surface area contributed by atoms with E-state index in [4.69, 9.17) is 10.9 Å². The molecule has 1 saturated heterocycles. The second-order valence-corrected chi connectivity index (χ2v) is 5.60. The lowest BCUT2D eigenvalue weighted by atomic mass is 9.95. The van der Waals surface area contributed by atoms with Crippen LogP contribution in [-0.2, 0) is 4.79 Å². The standard InChI is InChI=1S/C16H23N3O2/c1-12-8-4-3-7-11-19(12)16(20)14(15(17)18-21)13-9-5-2-6-10-13/h2,5-6,9-10,12,14,21H,3-4,7-8,11H2,1H3,(H2,17,18). The molecular weight excluding hydrogens is 266 g/mol. The summed E-state index contributed by atoms with van der Waals surface area (Å²) in [6, 6.07) is 9.45. The lowest BCUT2D eigenvalue weighted by Gasteiger charge is -2.30. The molecule has 0 saturated carbocycles. The van der Waals surface area contributed by atoms with Gasteiger partial charge in [0.05, 0.1) is 0 Å². The molecule has 1 amide bonds. The maximum absolute atomic E-state index is 12.9. The molecule has 1 aromatic carbocycles. The summed E-state index contributed by atoms with van der Waals surface area (Å²) in [6.07, 6.45) is 4.30. The Morgan fingerprint density at radius 1 is 1.33 bits per heavy atom. The molecule has 21 heavy (non-hydrogen) atoms. The van der Waals surface area contributed by atoms with E-state index in [9.17, 15) is 4.79 Å². The van der Waals surface area contributed by atoms with Crippen LogP contribution in [0.3, 0.4) is 0 Å². The molecule has 2 unspecified atom stereocenters. The molecule has 0 bridgehead atoms. The van der Waals surface area contributed by atoms with E-state index in [1.54, 1.807) is 0 Å². The third-order valence-corrected chi connectivity index (χ3v) is 4.13. The summed E-state index contributed by atoms with van der Waals surface area (Å²) < 4.78 is 0. The van der Waals surface area contributed by atoms with Crippen molar-refractivity contribution in [3.05, 3.63) is 35.9 Å². The molecule has 1 heterocycles. The van der Waals surface area contributed by atoms with Crippen LogP contribution < -0.4 is 5.73 Å². The van der Waals surface area contributed by atoms with Crippen LogP contribution in [0, 0.1) is 0 Å². The van der Waals surface area contributed by atoms with Crippen LogP contribution >= 0.6 is 0 Å². The van der Waals surface area contributed by atoms with Gasteiger partial charge in [-0.3, -0.25) is 4.79 Å². The molecule has 0 spiro atoms. The Labute approximate surface area is 125 Å². The van der Waals surface area contributed by atoms with Gasteiger partial charge in [-0.2, -0.15) is 0 Å². The van der Waals surface area contributed by atoms with Crippen molar-refractivity contribution in [1.29, 1.82) is 0 Å². The van der Waals surface area contributed by atoms with Gasteiger partial charge >= 0.3 is 0 Å². The van der Waals surface area contributed by atoms with Gasteiger partial charge in [-0.1, -0.05) is 48.3 Å². The Bertz CT molecular complexity index is 502. The number of amidine groups is 1. The zero-order valence-electron chi connectivity index (χ0n) is 12.4. The number of nitrogens with zero attached hydrogens (tertiary/aromatic N) is 2. The lowest BCUT2D eigenvalue weighted by Crippen LogP contribution is -2.44. The zero-order valence-corrected chi connectivity index (χ0v) is 12.4. The maximum atomic E-state index is 12.9. The highest BCUT2D eigenvalue weighted by atomic mass is 16.4. The van der Waals surface area contributed by atoms with Gasteiger partial charge in [0, 0.05) is 12.6 Å². The van der Waals surface area contributed by atoms with E-state index in [0.29, 0.717) is 0 Å². The first-order chi connectivity index (χ1) is 10.1. The molecule has 1 aromatic rings. The highest BCUT2D eigenvalue weighted by molar-refractivity contribution is 6.07. The molecule has 5 heteroatoms. The average Bonchev–Trinajstić information content (AvgIpc) is 2.72. The van der Waals surface area contributed by atoms with Gasteiger partial charge in [0.15, 0.2) is 5.84 Å². The molecule has 1 fully saturated rings. The smallest absolute Gasteiger partial charge is 0.238 e. The van der Waals surface area contributed by atoms with Gasteiger partial charge in [0.2, 0.25) is 5.91 Å². The Hall–Kier alpha value is -2.04. The van der Waals surface area contributed by atoms with Crippen molar-refractivity contribution < 1.29 is 10.0 Å². The number of likely N-dealkylation sites (tertiary alicyclic amines) is 1. The van der Waals surface area contributed by atoms with Crippen molar-refractivity contribution in [2.24, 2.45) is 10.9 Å². The van der Waals surface area contributed by atoms with Crippen LogP contribution in [0.2, 0.25) is 0 Å². The minimum atomic E-state index is -0.711. The predicted molar refractivity (Wildman–Crippen MR) is 82.2 cm³/mol. The third-order valence-electron chi connectivity index (χ3n) is 4.13. The number of oxime groups is 1. The lowest BCUT2D eigenvalue weighted by molar-refractivity contribution is -0.133. The van der Waals surface area contributed by atoms with Gasteiger partial charge in [0.25, 0.3) is 0 Å². The van der Waals surface area contributed by atoms with E-state index in [1.165, 1.54) is 0 Å². The zero-order chi connectivity index (χ0) is 15.2. The molecule has 114 valence electrons. The second kappa shape index (κ2) is 7.11. The summed E-state index contributed by atoms with van der Waals surface area (Å²) >= 11 is 0. The molecule has 1 aliphatic rings. The summed E-state index contributed by atoms with van der Waals surface area (Å²) in [5.41, 5.74) is 6.55.